The number of nitrogens with two attached hydrogens (primary N) is 1. The highest BCUT2D eigenvalue weighted by Crippen LogP contribution is 2.42. The van der Waals surface area contributed by atoms with E-state index in [1.807, 2.05) is 0 Å². The summed E-state index contributed by atoms with van der Waals surface area (Å²) in [6.45, 7) is 0. The molecule has 4 nitrogen and oxygen atoms in total. The first-order valence-corrected chi connectivity index (χ1v) is 6.63. The number of nitrogens with zero attached hydrogens (tertiary/aromatic N) is 1. The standard InChI is InChI=1S/C14H14F2N2O2/c15-9-5-6-10(17)12(11(9)16)18-13(19)7-3-1-2-4-8(7)14(18)20/h5-8H,1-4,17H2. The topological polar surface area (TPSA) is 63.4 Å². The number of anilines is 2. The second kappa shape index (κ2) is 4.54. The van der Waals surface area contributed by atoms with Crippen molar-refractivity contribution in [3.63, 3.8) is 0 Å². The van der Waals surface area contributed by atoms with Gasteiger partial charge in [-0.3, -0.25) is 9.59 Å². The molecule has 1 aromatic rings. The van der Waals surface area contributed by atoms with E-state index in [-0.39, 0.29) is 5.69 Å². The van der Waals surface area contributed by atoms with E-state index >= 15 is 0 Å². The number of hydrogen-bond acceptors (Lipinski definition) is 3. The molecule has 6 heteroatoms. The average molecular weight is 280 g/mol. The normalized spacial score (nSPS) is 26.0. The molecule has 1 heterocycles. The summed E-state index contributed by atoms with van der Waals surface area (Å²) >= 11 is 0. The van der Waals surface area contributed by atoms with E-state index in [2.05, 4.69) is 0 Å². The van der Waals surface area contributed by atoms with Crippen LogP contribution in [-0.4, -0.2) is 11.8 Å². The van der Waals surface area contributed by atoms with Crippen LogP contribution in [0.25, 0.3) is 0 Å². The van der Waals surface area contributed by atoms with Crippen LogP contribution in [0, 0.1) is 23.5 Å². The van der Waals surface area contributed by atoms with Gasteiger partial charge in [0.2, 0.25) is 11.8 Å². The third-order valence-electron chi connectivity index (χ3n) is 4.16. The molecule has 3 rings (SSSR count). The van der Waals surface area contributed by atoms with Crippen molar-refractivity contribution in [3.8, 4) is 0 Å². The first-order chi connectivity index (χ1) is 9.52. The van der Waals surface area contributed by atoms with Crippen molar-refractivity contribution in [2.75, 3.05) is 10.6 Å². The van der Waals surface area contributed by atoms with Crippen molar-refractivity contribution in [1.29, 1.82) is 0 Å². The lowest BCUT2D eigenvalue weighted by Gasteiger charge is -2.19. The maximum atomic E-state index is 13.9. The number of hydrogen-bond donors (Lipinski definition) is 1. The Bertz CT molecular complexity index is 579. The predicted molar refractivity (Wildman–Crippen MR) is 68.7 cm³/mol. The fraction of sp³-hybridized carbons (Fsp3) is 0.429. The molecule has 2 amide bonds. The first-order valence-electron chi connectivity index (χ1n) is 6.63. The lowest BCUT2D eigenvalue weighted by atomic mass is 9.81. The van der Waals surface area contributed by atoms with E-state index < -0.39 is 41.0 Å². The van der Waals surface area contributed by atoms with Gasteiger partial charge in [-0.05, 0) is 25.0 Å². The Morgan fingerprint density at radius 1 is 1.05 bits per heavy atom. The maximum absolute atomic E-state index is 13.9. The van der Waals surface area contributed by atoms with Crippen molar-refractivity contribution in [2.45, 2.75) is 25.7 Å². The van der Waals surface area contributed by atoms with Crippen LogP contribution in [0.2, 0.25) is 0 Å². The third-order valence-corrected chi connectivity index (χ3v) is 4.16. The largest absolute Gasteiger partial charge is 0.397 e. The van der Waals surface area contributed by atoms with E-state index in [1.165, 1.54) is 0 Å². The zero-order valence-electron chi connectivity index (χ0n) is 10.7. The molecule has 0 bridgehead atoms. The second-order valence-corrected chi connectivity index (χ2v) is 5.31. The van der Waals surface area contributed by atoms with E-state index in [0.717, 1.165) is 29.9 Å². The zero-order chi connectivity index (χ0) is 14.4. The molecule has 1 aromatic carbocycles. The van der Waals surface area contributed by atoms with Crippen LogP contribution in [-0.2, 0) is 9.59 Å². The Morgan fingerprint density at radius 3 is 2.15 bits per heavy atom. The highest BCUT2D eigenvalue weighted by molar-refractivity contribution is 6.23. The van der Waals surface area contributed by atoms with Gasteiger partial charge in [0.25, 0.3) is 0 Å². The molecule has 2 atom stereocenters. The lowest BCUT2D eigenvalue weighted by molar-refractivity contribution is -0.122. The molecule has 2 aliphatic rings. The Labute approximate surface area is 114 Å². The Balaban J connectivity index is 2.09. The summed E-state index contributed by atoms with van der Waals surface area (Å²) in [4.78, 5) is 25.4. The number of fused-ring (bicyclic) bond motifs is 1. The molecular formula is C14H14F2N2O2. The number of carbonyl (C=O) groups excluding carboxylic acids is 2. The molecule has 0 radical (unpaired) electrons. The Hall–Kier alpha value is -1.98. The summed E-state index contributed by atoms with van der Waals surface area (Å²) in [6, 6.07) is 2.04. The average Bonchev–Trinajstić information content (AvgIpc) is 2.69. The lowest BCUT2D eigenvalue weighted by Crippen LogP contribution is -2.32. The van der Waals surface area contributed by atoms with E-state index in [0.29, 0.717) is 12.8 Å². The molecule has 0 spiro atoms. The fourth-order valence-corrected chi connectivity index (χ4v) is 3.16. The third kappa shape index (κ3) is 1.71. The maximum Gasteiger partial charge on any atom is 0.237 e. The van der Waals surface area contributed by atoms with Crippen LogP contribution in [0.5, 0.6) is 0 Å². The highest BCUT2D eigenvalue weighted by Gasteiger charge is 2.50. The molecular weight excluding hydrogens is 266 g/mol. The summed E-state index contributed by atoms with van der Waals surface area (Å²) in [5, 5.41) is 0. The highest BCUT2D eigenvalue weighted by atomic mass is 19.2. The van der Waals surface area contributed by atoms with E-state index in [4.69, 9.17) is 5.73 Å². The van der Waals surface area contributed by atoms with Gasteiger partial charge in [-0.25, -0.2) is 13.7 Å². The molecule has 2 N–H and O–H groups in total. The summed E-state index contributed by atoms with van der Waals surface area (Å²) in [5.74, 6) is -4.13. The molecule has 1 aliphatic heterocycles. The Kier molecular flexibility index (Phi) is 2.96. The van der Waals surface area contributed by atoms with Crippen LogP contribution in [0.3, 0.4) is 0 Å². The first kappa shape index (κ1) is 13.0. The molecule has 1 saturated carbocycles. The number of benzene rings is 1. The molecule has 1 aliphatic carbocycles. The van der Waals surface area contributed by atoms with Gasteiger partial charge in [0, 0.05) is 0 Å². The van der Waals surface area contributed by atoms with Crippen LogP contribution < -0.4 is 10.6 Å². The van der Waals surface area contributed by atoms with Crippen molar-refractivity contribution in [1.82, 2.24) is 0 Å². The van der Waals surface area contributed by atoms with E-state index in [9.17, 15) is 18.4 Å². The van der Waals surface area contributed by atoms with Crippen LogP contribution in [0.4, 0.5) is 20.2 Å². The number of carbonyl (C=O) groups is 2. The Morgan fingerprint density at radius 2 is 1.60 bits per heavy atom. The van der Waals surface area contributed by atoms with Crippen LogP contribution >= 0.6 is 0 Å². The van der Waals surface area contributed by atoms with Gasteiger partial charge in [-0.15, -0.1) is 0 Å². The number of amides is 2. The zero-order valence-corrected chi connectivity index (χ0v) is 10.7. The van der Waals surface area contributed by atoms with Crippen LogP contribution in [0.15, 0.2) is 12.1 Å². The van der Waals surface area contributed by atoms with Crippen molar-refractivity contribution < 1.29 is 18.4 Å². The monoisotopic (exact) mass is 280 g/mol. The number of rotatable bonds is 1. The molecule has 20 heavy (non-hydrogen) atoms. The van der Waals surface area contributed by atoms with Crippen molar-refractivity contribution >= 4 is 23.2 Å². The fourth-order valence-electron chi connectivity index (χ4n) is 3.16. The summed E-state index contributed by atoms with van der Waals surface area (Å²) in [5.41, 5.74) is 5.09. The number of halogens is 2. The summed E-state index contributed by atoms with van der Waals surface area (Å²) in [6.07, 6.45) is 2.97. The minimum absolute atomic E-state index is 0.107. The van der Waals surface area contributed by atoms with E-state index in [1.54, 1.807) is 0 Å². The van der Waals surface area contributed by atoms with Gasteiger partial charge in [0.1, 0.15) is 5.69 Å². The SMILES string of the molecule is Nc1ccc(F)c(F)c1N1C(=O)C2CCCCC2C1=O. The van der Waals surface area contributed by atoms with Crippen molar-refractivity contribution in [2.24, 2.45) is 11.8 Å². The number of nitrogen functional groups attached to an aromatic ring is 1. The minimum Gasteiger partial charge on any atom is -0.397 e. The second-order valence-electron chi connectivity index (χ2n) is 5.31. The predicted octanol–water partition coefficient (Wildman–Crippen LogP) is 2.23. The molecule has 1 saturated heterocycles. The molecule has 106 valence electrons. The van der Waals surface area contributed by atoms with Gasteiger partial charge in [0.15, 0.2) is 11.6 Å². The van der Waals surface area contributed by atoms with Gasteiger partial charge >= 0.3 is 0 Å². The molecule has 2 unspecified atom stereocenters. The van der Waals surface area contributed by atoms with Gasteiger partial charge in [0.05, 0.1) is 17.5 Å². The van der Waals surface area contributed by atoms with Gasteiger partial charge < -0.3 is 5.73 Å². The quantitative estimate of drug-likeness (QED) is 0.633. The summed E-state index contributed by atoms with van der Waals surface area (Å²) < 4.78 is 27.3. The molecule has 2 fully saturated rings. The van der Waals surface area contributed by atoms with Crippen LogP contribution in [0.1, 0.15) is 25.7 Å². The smallest absolute Gasteiger partial charge is 0.237 e. The summed E-state index contributed by atoms with van der Waals surface area (Å²) in [7, 11) is 0. The van der Waals surface area contributed by atoms with Gasteiger partial charge in [-0.1, -0.05) is 12.8 Å². The van der Waals surface area contributed by atoms with Crippen molar-refractivity contribution in [3.05, 3.63) is 23.8 Å². The number of imide groups is 1. The minimum atomic E-state index is -1.25. The molecule has 0 aromatic heterocycles. The van der Waals surface area contributed by atoms with Gasteiger partial charge in [-0.2, -0.15) is 0 Å².